The number of carbonyl (C=O) groups excluding carboxylic acids is 1. The van der Waals surface area contributed by atoms with Gasteiger partial charge in [-0.05, 0) is 63.4 Å². The molecule has 1 aromatic carbocycles. The minimum absolute atomic E-state index is 0.0463. The topological polar surface area (TPSA) is 87.5 Å². The first-order valence-electron chi connectivity index (χ1n) is 11.1. The monoisotopic (exact) mass is 445 g/mol. The van der Waals surface area contributed by atoms with Crippen molar-refractivity contribution in [3.05, 3.63) is 42.4 Å². The minimum Gasteiger partial charge on any atom is -0.336 e. The Bertz CT molecular complexity index is 1010. The number of hydrogen-bond acceptors (Lipinski definition) is 5. The first-order valence-corrected chi connectivity index (χ1v) is 12.5. The fourth-order valence-corrected chi connectivity index (χ4v) is 5.80. The molecule has 1 aromatic heterocycles. The summed E-state index contributed by atoms with van der Waals surface area (Å²) in [5.74, 6) is -0.503. The van der Waals surface area contributed by atoms with E-state index in [9.17, 15) is 13.2 Å². The summed E-state index contributed by atoms with van der Waals surface area (Å²) in [6.07, 6.45) is 6.89. The molecule has 1 unspecified atom stereocenters. The van der Waals surface area contributed by atoms with E-state index in [-0.39, 0.29) is 23.4 Å². The summed E-state index contributed by atoms with van der Waals surface area (Å²) in [7, 11) is -3.69. The van der Waals surface area contributed by atoms with E-state index in [1.165, 1.54) is 29.0 Å². The van der Waals surface area contributed by atoms with Crippen LogP contribution in [0.15, 0.2) is 41.8 Å². The Morgan fingerprint density at radius 3 is 2.74 bits per heavy atom. The number of sulfonamides is 1. The number of imidazole rings is 1. The van der Waals surface area contributed by atoms with Crippen molar-refractivity contribution in [2.75, 3.05) is 31.5 Å². The van der Waals surface area contributed by atoms with Gasteiger partial charge in [0.15, 0.2) is 5.03 Å². The van der Waals surface area contributed by atoms with E-state index in [1.807, 2.05) is 25.1 Å². The van der Waals surface area contributed by atoms with Gasteiger partial charge in [0.25, 0.3) is 10.0 Å². The number of benzene rings is 1. The van der Waals surface area contributed by atoms with Crippen molar-refractivity contribution in [2.24, 2.45) is 5.92 Å². The molecule has 8 nitrogen and oxygen atoms in total. The molecule has 1 N–H and O–H groups in total. The van der Waals surface area contributed by atoms with Gasteiger partial charge in [0, 0.05) is 38.1 Å². The summed E-state index contributed by atoms with van der Waals surface area (Å²) in [6, 6.07) is 7.95. The minimum atomic E-state index is -3.69. The summed E-state index contributed by atoms with van der Waals surface area (Å²) < 4.78 is 29.1. The van der Waals surface area contributed by atoms with Crippen LogP contribution in [0.2, 0.25) is 0 Å². The molecule has 31 heavy (non-hydrogen) atoms. The van der Waals surface area contributed by atoms with E-state index in [2.05, 4.69) is 21.3 Å². The molecule has 3 heterocycles. The van der Waals surface area contributed by atoms with Gasteiger partial charge in [-0.3, -0.25) is 9.69 Å². The summed E-state index contributed by atoms with van der Waals surface area (Å²) >= 11 is 0. The highest BCUT2D eigenvalue weighted by atomic mass is 32.2. The van der Waals surface area contributed by atoms with E-state index in [0.717, 1.165) is 25.3 Å². The number of aromatic nitrogens is 2. The number of anilines is 1. The maximum absolute atomic E-state index is 13.0. The molecule has 2 saturated heterocycles. The Morgan fingerprint density at radius 2 is 2.00 bits per heavy atom. The standard InChI is InChI=1S/C22H31N5O3S/c1-2-25-16-21(23-17-25)31(29,30)27-12-6-8-19(15-27)22(28)24-20-9-5-7-18(13-20)14-26-10-3-4-11-26/h5,7,9,13,16-17,19H,2-4,6,8,10-12,14-15H2,1H3,(H,24,28). The number of likely N-dealkylation sites (tertiary alicyclic amines) is 1. The zero-order valence-corrected chi connectivity index (χ0v) is 18.9. The van der Waals surface area contributed by atoms with E-state index < -0.39 is 10.0 Å². The number of piperidine rings is 1. The number of nitrogens with one attached hydrogen (secondary N) is 1. The van der Waals surface area contributed by atoms with Crippen molar-refractivity contribution in [3.63, 3.8) is 0 Å². The fourth-order valence-electron chi connectivity index (χ4n) is 4.34. The van der Waals surface area contributed by atoms with E-state index in [4.69, 9.17) is 0 Å². The maximum atomic E-state index is 13.0. The zero-order chi connectivity index (χ0) is 21.8. The van der Waals surface area contributed by atoms with Crippen LogP contribution in [0.5, 0.6) is 0 Å². The Morgan fingerprint density at radius 1 is 1.19 bits per heavy atom. The third kappa shape index (κ3) is 5.16. The lowest BCUT2D eigenvalue weighted by Crippen LogP contribution is -2.43. The highest BCUT2D eigenvalue weighted by Crippen LogP contribution is 2.24. The van der Waals surface area contributed by atoms with Crippen LogP contribution in [0.4, 0.5) is 5.69 Å². The molecule has 2 aliphatic heterocycles. The second kappa shape index (κ2) is 9.50. The van der Waals surface area contributed by atoms with Gasteiger partial charge in [0.1, 0.15) is 0 Å². The number of amides is 1. The van der Waals surface area contributed by atoms with Gasteiger partial charge in [0.2, 0.25) is 5.91 Å². The Labute approximate surface area is 184 Å². The average Bonchev–Trinajstić information content (AvgIpc) is 3.46. The number of carbonyl (C=O) groups is 1. The zero-order valence-electron chi connectivity index (χ0n) is 18.0. The number of hydrogen-bond donors (Lipinski definition) is 1. The summed E-state index contributed by atoms with van der Waals surface area (Å²) in [5, 5.41) is 3.05. The molecule has 9 heteroatoms. The highest BCUT2D eigenvalue weighted by Gasteiger charge is 2.34. The molecule has 0 bridgehead atoms. The Hall–Kier alpha value is -2.23. The first-order chi connectivity index (χ1) is 15.0. The molecule has 0 saturated carbocycles. The van der Waals surface area contributed by atoms with Crippen molar-refractivity contribution < 1.29 is 13.2 Å². The SMILES string of the molecule is CCn1cnc(S(=O)(=O)N2CCCC(C(=O)Nc3cccc(CN4CCCC4)c3)C2)c1. The van der Waals surface area contributed by atoms with Crippen LogP contribution in [0.25, 0.3) is 0 Å². The van der Waals surface area contributed by atoms with Crippen molar-refractivity contribution in [2.45, 2.75) is 50.7 Å². The second-order valence-corrected chi connectivity index (χ2v) is 10.3. The molecule has 168 valence electrons. The van der Waals surface area contributed by atoms with Gasteiger partial charge in [-0.2, -0.15) is 4.31 Å². The average molecular weight is 446 g/mol. The van der Waals surface area contributed by atoms with Gasteiger partial charge < -0.3 is 9.88 Å². The van der Waals surface area contributed by atoms with E-state index in [0.29, 0.717) is 25.9 Å². The van der Waals surface area contributed by atoms with Gasteiger partial charge in [-0.15, -0.1) is 0 Å². The lowest BCUT2D eigenvalue weighted by Gasteiger charge is -2.30. The quantitative estimate of drug-likeness (QED) is 0.708. The molecular formula is C22H31N5O3S. The first kappa shape index (κ1) is 22.0. The number of aryl methyl sites for hydroxylation is 1. The molecule has 0 spiro atoms. The van der Waals surface area contributed by atoms with Crippen LogP contribution in [0, 0.1) is 5.92 Å². The predicted octanol–water partition coefficient (Wildman–Crippen LogP) is 2.54. The van der Waals surface area contributed by atoms with Crippen molar-refractivity contribution >= 4 is 21.6 Å². The Balaban J connectivity index is 1.39. The van der Waals surface area contributed by atoms with Crippen LogP contribution >= 0.6 is 0 Å². The van der Waals surface area contributed by atoms with Gasteiger partial charge in [-0.1, -0.05) is 12.1 Å². The van der Waals surface area contributed by atoms with Crippen molar-refractivity contribution in [3.8, 4) is 0 Å². The molecular weight excluding hydrogens is 414 g/mol. The number of nitrogens with zero attached hydrogens (tertiary/aromatic N) is 4. The molecule has 1 amide bonds. The molecule has 0 radical (unpaired) electrons. The third-order valence-electron chi connectivity index (χ3n) is 6.13. The summed E-state index contributed by atoms with van der Waals surface area (Å²) in [5.41, 5.74) is 1.95. The smallest absolute Gasteiger partial charge is 0.262 e. The molecule has 0 aliphatic carbocycles. The van der Waals surface area contributed by atoms with Crippen LogP contribution in [0.3, 0.4) is 0 Å². The third-order valence-corrected chi connectivity index (χ3v) is 7.88. The van der Waals surface area contributed by atoms with Crippen molar-refractivity contribution in [1.29, 1.82) is 0 Å². The van der Waals surface area contributed by atoms with Gasteiger partial charge >= 0.3 is 0 Å². The molecule has 1 atom stereocenters. The largest absolute Gasteiger partial charge is 0.336 e. The lowest BCUT2D eigenvalue weighted by molar-refractivity contribution is -0.120. The maximum Gasteiger partial charge on any atom is 0.262 e. The van der Waals surface area contributed by atoms with Crippen LogP contribution < -0.4 is 5.32 Å². The lowest BCUT2D eigenvalue weighted by atomic mass is 9.98. The Kier molecular flexibility index (Phi) is 6.74. The van der Waals surface area contributed by atoms with Crippen LogP contribution in [0.1, 0.15) is 38.2 Å². The van der Waals surface area contributed by atoms with Crippen LogP contribution in [-0.4, -0.2) is 59.3 Å². The summed E-state index contributed by atoms with van der Waals surface area (Å²) in [4.78, 5) is 19.4. The fraction of sp³-hybridized carbons (Fsp3) is 0.545. The van der Waals surface area contributed by atoms with E-state index in [1.54, 1.807) is 10.8 Å². The highest BCUT2D eigenvalue weighted by molar-refractivity contribution is 7.89. The molecule has 4 rings (SSSR count). The van der Waals surface area contributed by atoms with Crippen LogP contribution in [-0.2, 0) is 27.9 Å². The van der Waals surface area contributed by atoms with Gasteiger partial charge in [0.05, 0.1) is 12.2 Å². The molecule has 2 aromatic rings. The van der Waals surface area contributed by atoms with E-state index >= 15 is 0 Å². The molecule has 2 fully saturated rings. The number of rotatable bonds is 7. The normalized spacial score (nSPS) is 20.7. The second-order valence-electron chi connectivity index (χ2n) is 8.42. The van der Waals surface area contributed by atoms with Crippen molar-refractivity contribution in [1.82, 2.24) is 18.8 Å². The van der Waals surface area contributed by atoms with Gasteiger partial charge in [-0.25, -0.2) is 13.4 Å². The summed E-state index contributed by atoms with van der Waals surface area (Å²) in [6.45, 7) is 6.32. The molecule has 2 aliphatic rings. The predicted molar refractivity (Wildman–Crippen MR) is 119 cm³/mol.